The van der Waals surface area contributed by atoms with Crippen molar-refractivity contribution in [2.45, 2.75) is 18.9 Å². The van der Waals surface area contributed by atoms with E-state index in [1.807, 2.05) is 18.2 Å². The lowest BCUT2D eigenvalue weighted by molar-refractivity contribution is 0.187. The Labute approximate surface area is 123 Å². The summed E-state index contributed by atoms with van der Waals surface area (Å²) in [5.74, 6) is 0. The Morgan fingerprint density at radius 3 is 2.57 bits per heavy atom. The van der Waals surface area contributed by atoms with Gasteiger partial charge in [-0.05, 0) is 31.0 Å². The van der Waals surface area contributed by atoms with Crippen molar-refractivity contribution in [1.82, 2.24) is 4.90 Å². The van der Waals surface area contributed by atoms with Gasteiger partial charge in [-0.15, -0.1) is 0 Å². The Morgan fingerprint density at radius 2 is 1.95 bits per heavy atom. The molecule has 114 valence electrons. The van der Waals surface area contributed by atoms with Gasteiger partial charge in [0.05, 0.1) is 7.11 Å². The minimum atomic E-state index is -0.498. The highest BCUT2D eigenvalue weighted by Crippen LogP contribution is 2.20. The lowest BCUT2D eigenvalue weighted by Gasteiger charge is -2.31. The first-order valence-electron chi connectivity index (χ1n) is 6.84. The predicted molar refractivity (Wildman–Crippen MR) is 80.3 cm³/mol. The van der Waals surface area contributed by atoms with Crippen molar-refractivity contribution in [3.05, 3.63) is 24.3 Å². The molecule has 1 aromatic rings. The van der Waals surface area contributed by atoms with Crippen molar-refractivity contribution in [3.63, 3.8) is 0 Å². The number of amides is 3. The molecule has 7 nitrogen and oxygen atoms in total. The summed E-state index contributed by atoms with van der Waals surface area (Å²) in [6.07, 6.45) is 1.19. The zero-order chi connectivity index (χ0) is 15.2. The number of likely N-dealkylation sites (tertiary alicyclic amines) is 1. The molecular weight excluding hydrogens is 272 g/mol. The van der Waals surface area contributed by atoms with Crippen LogP contribution in [-0.4, -0.2) is 43.3 Å². The maximum atomic E-state index is 11.2. The van der Waals surface area contributed by atoms with E-state index in [1.165, 1.54) is 7.11 Å². The molecule has 2 rings (SSSR count). The van der Waals surface area contributed by atoms with Gasteiger partial charge in [-0.2, -0.15) is 0 Å². The predicted octanol–water partition coefficient (Wildman–Crippen LogP) is 1.82. The molecular formula is C14H20N4O3. The molecule has 21 heavy (non-hydrogen) atoms. The fourth-order valence-electron chi connectivity index (χ4n) is 2.34. The van der Waals surface area contributed by atoms with E-state index in [0.717, 1.165) is 18.5 Å². The molecule has 0 aromatic heterocycles. The number of hydrogen-bond acceptors (Lipinski definition) is 4. The Hall–Kier alpha value is -2.44. The molecule has 0 aliphatic carbocycles. The first kappa shape index (κ1) is 15.0. The van der Waals surface area contributed by atoms with Gasteiger partial charge in [0.2, 0.25) is 0 Å². The molecule has 7 heteroatoms. The van der Waals surface area contributed by atoms with Crippen LogP contribution in [-0.2, 0) is 4.74 Å². The summed E-state index contributed by atoms with van der Waals surface area (Å²) >= 11 is 0. The van der Waals surface area contributed by atoms with Crippen molar-refractivity contribution in [2.24, 2.45) is 5.73 Å². The highest BCUT2D eigenvalue weighted by molar-refractivity contribution is 5.85. The van der Waals surface area contributed by atoms with E-state index in [4.69, 9.17) is 5.73 Å². The van der Waals surface area contributed by atoms with Gasteiger partial charge in [0, 0.05) is 30.5 Å². The molecule has 4 N–H and O–H groups in total. The fourth-order valence-corrected chi connectivity index (χ4v) is 2.34. The average Bonchev–Trinajstić information content (AvgIpc) is 2.48. The number of hydrogen-bond donors (Lipinski definition) is 3. The molecule has 0 unspecified atom stereocenters. The third-order valence-corrected chi connectivity index (χ3v) is 3.47. The van der Waals surface area contributed by atoms with E-state index in [1.54, 1.807) is 11.0 Å². The van der Waals surface area contributed by atoms with Gasteiger partial charge in [-0.1, -0.05) is 6.07 Å². The van der Waals surface area contributed by atoms with E-state index < -0.39 is 6.09 Å². The largest absolute Gasteiger partial charge is 0.453 e. The fraction of sp³-hybridized carbons (Fsp3) is 0.429. The number of nitrogens with one attached hydrogen (secondary N) is 2. The standard InChI is InChI=1S/C14H20N4O3/c1-21-14(20)17-12-4-2-3-11(9-12)16-10-5-7-18(8-6-10)13(15)19/h2-4,9-10,16H,5-8H2,1H3,(H2,15,19)(H,17,20). The topological polar surface area (TPSA) is 96.7 Å². The SMILES string of the molecule is COC(=O)Nc1cccc(NC2CCN(C(N)=O)CC2)c1. The third-order valence-electron chi connectivity index (χ3n) is 3.47. The minimum absolute atomic E-state index is 0.286. The number of anilines is 2. The van der Waals surface area contributed by atoms with Gasteiger partial charge >= 0.3 is 12.1 Å². The number of primary amides is 1. The van der Waals surface area contributed by atoms with Crippen LogP contribution in [0.1, 0.15) is 12.8 Å². The van der Waals surface area contributed by atoms with Gasteiger partial charge in [0.1, 0.15) is 0 Å². The summed E-state index contributed by atoms with van der Waals surface area (Å²) in [5, 5.41) is 6.02. The van der Waals surface area contributed by atoms with Crippen LogP contribution in [0.4, 0.5) is 21.0 Å². The van der Waals surface area contributed by atoms with Crippen LogP contribution in [0.25, 0.3) is 0 Å². The molecule has 0 bridgehead atoms. The Bertz CT molecular complexity index is 513. The molecule has 1 fully saturated rings. The Balaban J connectivity index is 1.90. The summed E-state index contributed by atoms with van der Waals surface area (Å²) < 4.78 is 4.56. The molecule has 1 saturated heterocycles. The number of nitrogens with two attached hydrogens (primary N) is 1. The van der Waals surface area contributed by atoms with Crippen LogP contribution in [0, 0.1) is 0 Å². The van der Waals surface area contributed by atoms with Crippen molar-refractivity contribution < 1.29 is 14.3 Å². The van der Waals surface area contributed by atoms with E-state index in [9.17, 15) is 9.59 Å². The number of rotatable bonds is 3. The molecule has 3 amide bonds. The van der Waals surface area contributed by atoms with Gasteiger partial charge in [0.15, 0.2) is 0 Å². The van der Waals surface area contributed by atoms with E-state index >= 15 is 0 Å². The lowest BCUT2D eigenvalue weighted by atomic mass is 10.0. The van der Waals surface area contributed by atoms with E-state index in [2.05, 4.69) is 15.4 Å². The number of nitrogens with zero attached hydrogens (tertiary/aromatic N) is 1. The highest BCUT2D eigenvalue weighted by Gasteiger charge is 2.20. The van der Waals surface area contributed by atoms with Gasteiger partial charge in [-0.3, -0.25) is 5.32 Å². The van der Waals surface area contributed by atoms with Gasteiger partial charge in [0.25, 0.3) is 0 Å². The van der Waals surface area contributed by atoms with Crippen molar-refractivity contribution in [1.29, 1.82) is 0 Å². The van der Waals surface area contributed by atoms with E-state index in [-0.39, 0.29) is 12.1 Å². The number of piperidine rings is 1. The van der Waals surface area contributed by atoms with Gasteiger partial charge in [-0.25, -0.2) is 9.59 Å². The number of urea groups is 1. The Morgan fingerprint density at radius 1 is 1.29 bits per heavy atom. The maximum absolute atomic E-state index is 11.2. The van der Waals surface area contributed by atoms with Crippen LogP contribution >= 0.6 is 0 Å². The van der Waals surface area contributed by atoms with Crippen LogP contribution in [0.15, 0.2) is 24.3 Å². The second-order valence-corrected chi connectivity index (χ2v) is 4.94. The van der Waals surface area contributed by atoms with Crippen molar-refractivity contribution in [3.8, 4) is 0 Å². The van der Waals surface area contributed by atoms with Crippen molar-refractivity contribution in [2.75, 3.05) is 30.8 Å². The van der Waals surface area contributed by atoms with Crippen LogP contribution in [0.2, 0.25) is 0 Å². The number of methoxy groups -OCH3 is 1. The molecule has 0 atom stereocenters. The number of benzene rings is 1. The van der Waals surface area contributed by atoms with Crippen LogP contribution < -0.4 is 16.4 Å². The molecule has 1 aromatic carbocycles. The number of carbonyl (C=O) groups is 2. The molecule has 1 aliphatic rings. The molecule has 0 radical (unpaired) electrons. The number of carbonyl (C=O) groups excluding carboxylic acids is 2. The van der Waals surface area contributed by atoms with Crippen molar-refractivity contribution >= 4 is 23.5 Å². The maximum Gasteiger partial charge on any atom is 0.411 e. The minimum Gasteiger partial charge on any atom is -0.453 e. The quantitative estimate of drug-likeness (QED) is 0.791. The summed E-state index contributed by atoms with van der Waals surface area (Å²) in [4.78, 5) is 23.9. The third kappa shape index (κ3) is 4.27. The van der Waals surface area contributed by atoms with E-state index in [0.29, 0.717) is 18.8 Å². The summed E-state index contributed by atoms with van der Waals surface area (Å²) in [7, 11) is 1.32. The van der Waals surface area contributed by atoms with Crippen LogP contribution in [0.3, 0.4) is 0 Å². The normalized spacial score (nSPS) is 15.4. The molecule has 1 aliphatic heterocycles. The highest BCUT2D eigenvalue weighted by atomic mass is 16.5. The second kappa shape index (κ2) is 6.83. The second-order valence-electron chi connectivity index (χ2n) is 4.94. The smallest absolute Gasteiger partial charge is 0.411 e. The first-order valence-corrected chi connectivity index (χ1v) is 6.84. The molecule has 0 saturated carbocycles. The number of ether oxygens (including phenoxy) is 1. The summed E-state index contributed by atoms with van der Waals surface area (Å²) in [6, 6.07) is 7.34. The first-order chi connectivity index (χ1) is 10.1. The summed E-state index contributed by atoms with van der Waals surface area (Å²) in [5.41, 5.74) is 6.85. The zero-order valence-electron chi connectivity index (χ0n) is 12.0. The molecule has 1 heterocycles. The lowest BCUT2D eigenvalue weighted by Crippen LogP contribution is -2.44. The molecule has 0 spiro atoms. The Kier molecular flexibility index (Phi) is 4.86. The van der Waals surface area contributed by atoms with Gasteiger partial charge < -0.3 is 20.7 Å². The van der Waals surface area contributed by atoms with Crippen LogP contribution in [0.5, 0.6) is 0 Å². The zero-order valence-corrected chi connectivity index (χ0v) is 12.0. The summed E-state index contributed by atoms with van der Waals surface area (Å²) in [6.45, 7) is 1.32. The monoisotopic (exact) mass is 292 g/mol. The average molecular weight is 292 g/mol.